The first-order valence-electron chi connectivity index (χ1n) is 8.09. The second-order valence-corrected chi connectivity index (χ2v) is 5.78. The van der Waals surface area contributed by atoms with E-state index >= 15 is 0 Å². The summed E-state index contributed by atoms with van der Waals surface area (Å²) in [4.78, 5) is 14.0. The fraction of sp³-hybridized carbons (Fsp3) is 0.250. The van der Waals surface area contributed by atoms with Gasteiger partial charge < -0.3 is 19.1 Å². The number of amides is 1. The number of rotatable bonds is 6. The van der Waals surface area contributed by atoms with Crippen molar-refractivity contribution in [2.45, 2.75) is 6.10 Å². The molecule has 3 rings (SSSR count). The molecule has 5 nitrogen and oxygen atoms in total. The third-order valence-electron chi connectivity index (χ3n) is 4.00. The van der Waals surface area contributed by atoms with Crippen molar-refractivity contribution in [3.8, 4) is 17.2 Å². The molecule has 2 aromatic carbocycles. The van der Waals surface area contributed by atoms with Crippen molar-refractivity contribution >= 4 is 12.0 Å². The van der Waals surface area contributed by atoms with Gasteiger partial charge in [-0.3, -0.25) is 4.79 Å². The number of hydrogen-bond donors (Lipinski definition) is 0. The summed E-state index contributed by atoms with van der Waals surface area (Å²) in [5.74, 6) is 2.17. The molecule has 130 valence electrons. The van der Waals surface area contributed by atoms with E-state index < -0.39 is 0 Å². The highest BCUT2D eigenvalue weighted by molar-refractivity contribution is 5.92. The van der Waals surface area contributed by atoms with Crippen LogP contribution in [0.2, 0.25) is 0 Å². The van der Waals surface area contributed by atoms with Crippen molar-refractivity contribution in [1.82, 2.24) is 4.90 Å². The van der Waals surface area contributed by atoms with E-state index in [1.807, 2.05) is 42.5 Å². The number of para-hydroxylation sites is 1. The van der Waals surface area contributed by atoms with E-state index in [2.05, 4.69) is 0 Å². The largest absolute Gasteiger partial charge is 0.497 e. The maximum absolute atomic E-state index is 12.2. The number of hydrogen-bond acceptors (Lipinski definition) is 4. The standard InChI is InChI=1S/C20H21NO4/c1-23-17-10-15(11-18(12-17)24-2)8-9-20(22)21-13-19(14-21)25-16-6-4-3-5-7-16/h3-12,19H,13-14H2,1-2H3. The van der Waals surface area contributed by atoms with Crippen LogP contribution in [0.3, 0.4) is 0 Å². The van der Waals surface area contributed by atoms with Crippen molar-refractivity contribution in [1.29, 1.82) is 0 Å². The van der Waals surface area contributed by atoms with Crippen molar-refractivity contribution in [2.75, 3.05) is 27.3 Å². The first kappa shape index (κ1) is 16.9. The van der Waals surface area contributed by atoms with Crippen LogP contribution in [-0.4, -0.2) is 44.2 Å². The van der Waals surface area contributed by atoms with Crippen LogP contribution < -0.4 is 14.2 Å². The van der Waals surface area contributed by atoms with E-state index in [4.69, 9.17) is 14.2 Å². The zero-order valence-corrected chi connectivity index (χ0v) is 14.3. The third kappa shape index (κ3) is 4.32. The van der Waals surface area contributed by atoms with Crippen LogP contribution in [0.15, 0.2) is 54.6 Å². The molecule has 2 aromatic rings. The normalized spacial score (nSPS) is 14.2. The van der Waals surface area contributed by atoms with E-state index in [0.29, 0.717) is 24.6 Å². The maximum Gasteiger partial charge on any atom is 0.246 e. The summed E-state index contributed by atoms with van der Waals surface area (Å²) in [5.41, 5.74) is 0.849. The van der Waals surface area contributed by atoms with Crippen molar-refractivity contribution < 1.29 is 19.0 Å². The number of carbonyl (C=O) groups is 1. The SMILES string of the molecule is COc1cc(C=CC(=O)N2CC(Oc3ccccc3)C2)cc(OC)c1. The fourth-order valence-corrected chi connectivity index (χ4v) is 2.58. The Morgan fingerprint density at radius 3 is 2.24 bits per heavy atom. The Morgan fingerprint density at radius 1 is 1.00 bits per heavy atom. The lowest BCUT2D eigenvalue weighted by atomic mass is 10.1. The lowest BCUT2D eigenvalue weighted by Crippen LogP contribution is -2.55. The van der Waals surface area contributed by atoms with E-state index in [9.17, 15) is 4.79 Å². The van der Waals surface area contributed by atoms with Gasteiger partial charge in [-0.25, -0.2) is 0 Å². The number of benzene rings is 2. The summed E-state index contributed by atoms with van der Waals surface area (Å²) in [6.07, 6.45) is 3.38. The van der Waals surface area contributed by atoms with Gasteiger partial charge >= 0.3 is 0 Å². The van der Waals surface area contributed by atoms with Crippen LogP contribution in [0.1, 0.15) is 5.56 Å². The quantitative estimate of drug-likeness (QED) is 0.759. The lowest BCUT2D eigenvalue weighted by molar-refractivity contribution is -0.134. The van der Waals surface area contributed by atoms with Gasteiger partial charge in [0.15, 0.2) is 0 Å². The van der Waals surface area contributed by atoms with Crippen LogP contribution in [-0.2, 0) is 4.79 Å². The van der Waals surface area contributed by atoms with Crippen LogP contribution in [0.5, 0.6) is 17.2 Å². The molecule has 0 radical (unpaired) electrons. The molecule has 0 N–H and O–H groups in total. The van der Waals surface area contributed by atoms with Crippen molar-refractivity contribution in [3.63, 3.8) is 0 Å². The van der Waals surface area contributed by atoms with Crippen molar-refractivity contribution in [3.05, 3.63) is 60.2 Å². The Kier molecular flexibility index (Phi) is 5.23. The van der Waals surface area contributed by atoms with Crippen molar-refractivity contribution in [2.24, 2.45) is 0 Å². The van der Waals surface area contributed by atoms with Gasteiger partial charge in [0.25, 0.3) is 0 Å². The monoisotopic (exact) mass is 339 g/mol. The first-order valence-corrected chi connectivity index (χ1v) is 8.09. The molecular weight excluding hydrogens is 318 g/mol. The molecule has 1 aliphatic heterocycles. The highest BCUT2D eigenvalue weighted by Crippen LogP contribution is 2.23. The molecule has 1 aliphatic rings. The summed E-state index contributed by atoms with van der Waals surface area (Å²) >= 11 is 0. The molecule has 0 spiro atoms. The molecule has 1 amide bonds. The summed E-state index contributed by atoms with van der Waals surface area (Å²) in [6, 6.07) is 15.1. The molecule has 0 unspecified atom stereocenters. The molecule has 1 saturated heterocycles. The Hall–Kier alpha value is -2.95. The molecule has 0 atom stereocenters. The summed E-state index contributed by atoms with van der Waals surface area (Å²) < 4.78 is 16.3. The molecule has 1 fully saturated rings. The predicted molar refractivity (Wildman–Crippen MR) is 96.0 cm³/mol. The number of nitrogens with zero attached hydrogens (tertiary/aromatic N) is 1. The van der Waals surface area contributed by atoms with Gasteiger partial charge in [-0.15, -0.1) is 0 Å². The molecule has 0 aromatic heterocycles. The molecule has 5 heteroatoms. The van der Waals surface area contributed by atoms with Crippen LogP contribution >= 0.6 is 0 Å². The number of methoxy groups -OCH3 is 2. The molecule has 1 heterocycles. The third-order valence-corrected chi connectivity index (χ3v) is 4.00. The molecule has 25 heavy (non-hydrogen) atoms. The second-order valence-electron chi connectivity index (χ2n) is 5.78. The number of likely N-dealkylation sites (tertiary alicyclic amines) is 1. The summed E-state index contributed by atoms with van der Waals surface area (Å²) in [5, 5.41) is 0. The lowest BCUT2D eigenvalue weighted by Gasteiger charge is -2.38. The molecule has 0 saturated carbocycles. The van der Waals surface area contributed by atoms with E-state index in [-0.39, 0.29) is 12.0 Å². The van der Waals surface area contributed by atoms with Crippen LogP contribution in [0, 0.1) is 0 Å². The number of ether oxygens (including phenoxy) is 3. The zero-order valence-electron chi connectivity index (χ0n) is 14.3. The smallest absolute Gasteiger partial charge is 0.246 e. The summed E-state index contributed by atoms with van der Waals surface area (Å²) in [6.45, 7) is 1.19. The first-order chi connectivity index (χ1) is 12.2. The second kappa shape index (κ2) is 7.75. The Balaban J connectivity index is 1.54. The predicted octanol–water partition coefficient (Wildman–Crippen LogP) is 3.01. The minimum Gasteiger partial charge on any atom is -0.497 e. The van der Waals surface area contributed by atoms with Gasteiger partial charge in [0.05, 0.1) is 27.3 Å². The van der Waals surface area contributed by atoms with Crippen LogP contribution in [0.25, 0.3) is 6.08 Å². The van der Waals surface area contributed by atoms with Gasteiger partial charge in [0.2, 0.25) is 5.91 Å². The van der Waals surface area contributed by atoms with Gasteiger partial charge in [-0.05, 0) is 35.9 Å². The summed E-state index contributed by atoms with van der Waals surface area (Å²) in [7, 11) is 3.20. The molecule has 0 aliphatic carbocycles. The van der Waals surface area contributed by atoms with Gasteiger partial charge in [0, 0.05) is 12.1 Å². The highest BCUT2D eigenvalue weighted by Gasteiger charge is 2.31. The Bertz CT molecular complexity index is 729. The molecule has 0 bridgehead atoms. The molecular formula is C20H21NO4. The van der Waals surface area contributed by atoms with Gasteiger partial charge in [-0.2, -0.15) is 0 Å². The maximum atomic E-state index is 12.2. The minimum absolute atomic E-state index is 0.0327. The Labute approximate surface area is 147 Å². The average molecular weight is 339 g/mol. The number of carbonyl (C=O) groups excluding carboxylic acids is 1. The van der Waals surface area contributed by atoms with Crippen LogP contribution in [0.4, 0.5) is 0 Å². The van der Waals surface area contributed by atoms with E-state index in [1.165, 1.54) is 0 Å². The fourth-order valence-electron chi connectivity index (χ4n) is 2.58. The topological polar surface area (TPSA) is 48.0 Å². The average Bonchev–Trinajstić information content (AvgIpc) is 2.62. The van der Waals surface area contributed by atoms with E-state index in [0.717, 1.165) is 11.3 Å². The van der Waals surface area contributed by atoms with Gasteiger partial charge in [0.1, 0.15) is 23.4 Å². The minimum atomic E-state index is -0.0327. The highest BCUT2D eigenvalue weighted by atomic mass is 16.5. The van der Waals surface area contributed by atoms with E-state index in [1.54, 1.807) is 37.3 Å². The Morgan fingerprint density at radius 2 is 1.64 bits per heavy atom. The zero-order chi connectivity index (χ0) is 17.6. The van der Waals surface area contributed by atoms with Gasteiger partial charge in [-0.1, -0.05) is 18.2 Å².